The third-order valence-electron chi connectivity index (χ3n) is 3.82. The first-order valence-corrected chi connectivity index (χ1v) is 5.99. The van der Waals surface area contributed by atoms with Gasteiger partial charge in [0, 0.05) is 19.6 Å². The second kappa shape index (κ2) is 3.78. The number of carbonyl (C=O) groups is 1. The Labute approximate surface area is 92.2 Å². The van der Waals surface area contributed by atoms with Gasteiger partial charge in [-0.2, -0.15) is 0 Å². The van der Waals surface area contributed by atoms with Crippen LogP contribution in [0.2, 0.25) is 0 Å². The van der Waals surface area contributed by atoms with Crippen molar-refractivity contribution in [1.82, 2.24) is 10.2 Å². The maximum Gasteiger partial charge on any atom is 0.227 e. The summed E-state index contributed by atoms with van der Waals surface area (Å²) in [6, 6.07) is 0. The van der Waals surface area contributed by atoms with Crippen LogP contribution >= 0.6 is 0 Å². The third kappa shape index (κ3) is 2.17. The minimum absolute atomic E-state index is 0.221. The minimum atomic E-state index is 0.221. The summed E-state index contributed by atoms with van der Waals surface area (Å²) >= 11 is 0. The normalized spacial score (nSPS) is 34.7. The lowest BCUT2D eigenvalue weighted by Crippen LogP contribution is -2.38. The van der Waals surface area contributed by atoms with E-state index in [0.29, 0.717) is 17.2 Å². The predicted molar refractivity (Wildman–Crippen MR) is 60.5 cm³/mol. The molecule has 3 heteroatoms. The molecule has 0 aromatic carbocycles. The molecule has 86 valence electrons. The van der Waals surface area contributed by atoms with Crippen molar-refractivity contribution >= 4 is 5.91 Å². The molecule has 0 aromatic rings. The number of hydrogen-bond donors (Lipinski definition) is 1. The van der Waals surface area contributed by atoms with Crippen molar-refractivity contribution < 1.29 is 4.79 Å². The van der Waals surface area contributed by atoms with Gasteiger partial charge in [-0.05, 0) is 24.3 Å². The van der Waals surface area contributed by atoms with Gasteiger partial charge in [0.2, 0.25) is 5.91 Å². The van der Waals surface area contributed by atoms with E-state index < -0.39 is 0 Å². The molecule has 2 unspecified atom stereocenters. The molecule has 0 aromatic heterocycles. The van der Waals surface area contributed by atoms with Crippen molar-refractivity contribution in [1.29, 1.82) is 0 Å². The average Bonchev–Trinajstić information content (AvgIpc) is 2.71. The van der Waals surface area contributed by atoms with Crippen molar-refractivity contribution in [2.24, 2.45) is 17.3 Å². The molecule has 2 aliphatic rings. The summed E-state index contributed by atoms with van der Waals surface area (Å²) in [4.78, 5) is 14.3. The van der Waals surface area contributed by atoms with E-state index in [1.165, 1.54) is 0 Å². The SMILES string of the molecule is CC1CNCC1C(=O)N1CCC(C)(C)C1. The van der Waals surface area contributed by atoms with Crippen molar-refractivity contribution in [2.75, 3.05) is 26.2 Å². The third-order valence-corrected chi connectivity index (χ3v) is 3.82. The average molecular weight is 210 g/mol. The van der Waals surface area contributed by atoms with Gasteiger partial charge in [-0.1, -0.05) is 20.8 Å². The van der Waals surface area contributed by atoms with Crippen molar-refractivity contribution in [3.05, 3.63) is 0 Å². The highest BCUT2D eigenvalue weighted by atomic mass is 16.2. The topological polar surface area (TPSA) is 32.3 Å². The molecular weight excluding hydrogens is 188 g/mol. The van der Waals surface area contributed by atoms with Crippen LogP contribution in [-0.4, -0.2) is 37.0 Å². The molecule has 2 atom stereocenters. The molecule has 0 radical (unpaired) electrons. The molecule has 2 rings (SSSR count). The van der Waals surface area contributed by atoms with Gasteiger partial charge in [0.1, 0.15) is 0 Å². The molecule has 0 spiro atoms. The monoisotopic (exact) mass is 210 g/mol. The van der Waals surface area contributed by atoms with E-state index in [0.717, 1.165) is 32.6 Å². The molecular formula is C12H22N2O. The molecule has 0 aliphatic carbocycles. The first-order chi connectivity index (χ1) is 6.99. The van der Waals surface area contributed by atoms with E-state index in [-0.39, 0.29) is 5.92 Å². The zero-order valence-corrected chi connectivity index (χ0v) is 10.0. The minimum Gasteiger partial charge on any atom is -0.342 e. The van der Waals surface area contributed by atoms with Gasteiger partial charge >= 0.3 is 0 Å². The maximum atomic E-state index is 12.2. The van der Waals surface area contributed by atoms with Gasteiger partial charge < -0.3 is 10.2 Å². The molecule has 1 N–H and O–H groups in total. The number of nitrogens with one attached hydrogen (secondary N) is 1. The summed E-state index contributed by atoms with van der Waals surface area (Å²) in [5.41, 5.74) is 0.324. The first-order valence-electron chi connectivity index (χ1n) is 5.99. The molecule has 3 nitrogen and oxygen atoms in total. The Morgan fingerprint density at radius 3 is 2.60 bits per heavy atom. The highest BCUT2D eigenvalue weighted by Crippen LogP contribution is 2.31. The zero-order valence-electron chi connectivity index (χ0n) is 10.0. The van der Waals surface area contributed by atoms with Gasteiger partial charge in [-0.3, -0.25) is 4.79 Å². The molecule has 15 heavy (non-hydrogen) atoms. The van der Waals surface area contributed by atoms with Gasteiger partial charge in [0.25, 0.3) is 0 Å². The molecule has 2 aliphatic heterocycles. The summed E-state index contributed by atoms with van der Waals surface area (Å²) in [6.07, 6.45) is 1.15. The number of hydrogen-bond acceptors (Lipinski definition) is 2. The van der Waals surface area contributed by atoms with E-state index >= 15 is 0 Å². The Morgan fingerprint density at radius 1 is 1.40 bits per heavy atom. The Morgan fingerprint density at radius 2 is 2.13 bits per heavy atom. The quantitative estimate of drug-likeness (QED) is 0.703. The van der Waals surface area contributed by atoms with Crippen LogP contribution in [0.4, 0.5) is 0 Å². The molecule has 1 amide bonds. The van der Waals surface area contributed by atoms with Gasteiger partial charge in [0.15, 0.2) is 0 Å². The van der Waals surface area contributed by atoms with E-state index in [1.54, 1.807) is 0 Å². The van der Waals surface area contributed by atoms with Gasteiger partial charge in [0.05, 0.1) is 5.92 Å². The van der Waals surface area contributed by atoms with Gasteiger partial charge in [-0.15, -0.1) is 0 Å². The van der Waals surface area contributed by atoms with E-state index in [1.807, 2.05) is 0 Å². The van der Waals surface area contributed by atoms with E-state index in [2.05, 4.69) is 31.0 Å². The number of rotatable bonds is 1. The lowest BCUT2D eigenvalue weighted by Gasteiger charge is -2.24. The molecule has 2 heterocycles. The molecule has 0 saturated carbocycles. The van der Waals surface area contributed by atoms with Gasteiger partial charge in [-0.25, -0.2) is 0 Å². The van der Waals surface area contributed by atoms with Crippen LogP contribution in [0.15, 0.2) is 0 Å². The van der Waals surface area contributed by atoms with Crippen molar-refractivity contribution in [3.63, 3.8) is 0 Å². The second-order valence-electron chi connectivity index (χ2n) is 5.92. The van der Waals surface area contributed by atoms with Crippen LogP contribution in [0.3, 0.4) is 0 Å². The van der Waals surface area contributed by atoms with Crippen LogP contribution < -0.4 is 5.32 Å². The highest BCUT2D eigenvalue weighted by molar-refractivity contribution is 5.80. The summed E-state index contributed by atoms with van der Waals surface area (Å²) in [5.74, 6) is 1.10. The Hall–Kier alpha value is -0.570. The molecule has 2 saturated heterocycles. The predicted octanol–water partition coefficient (Wildman–Crippen LogP) is 1.10. The smallest absolute Gasteiger partial charge is 0.227 e. The van der Waals surface area contributed by atoms with E-state index in [4.69, 9.17) is 0 Å². The summed E-state index contributed by atoms with van der Waals surface area (Å²) < 4.78 is 0. The zero-order chi connectivity index (χ0) is 11.1. The number of likely N-dealkylation sites (tertiary alicyclic amines) is 1. The van der Waals surface area contributed by atoms with Crippen LogP contribution in [-0.2, 0) is 4.79 Å². The lowest BCUT2D eigenvalue weighted by atomic mass is 9.93. The number of amides is 1. The van der Waals surface area contributed by atoms with Crippen LogP contribution in [0.1, 0.15) is 27.2 Å². The maximum absolute atomic E-state index is 12.2. The van der Waals surface area contributed by atoms with Crippen LogP contribution in [0, 0.1) is 17.3 Å². The highest BCUT2D eigenvalue weighted by Gasteiger charge is 2.38. The fourth-order valence-electron chi connectivity index (χ4n) is 2.68. The Kier molecular flexibility index (Phi) is 2.75. The van der Waals surface area contributed by atoms with Crippen molar-refractivity contribution in [3.8, 4) is 0 Å². The summed E-state index contributed by atoms with van der Waals surface area (Å²) in [7, 11) is 0. The lowest BCUT2D eigenvalue weighted by molar-refractivity contribution is -0.135. The summed E-state index contributed by atoms with van der Waals surface area (Å²) in [5, 5.41) is 3.30. The fraction of sp³-hybridized carbons (Fsp3) is 0.917. The van der Waals surface area contributed by atoms with Crippen LogP contribution in [0.25, 0.3) is 0 Å². The first kappa shape index (κ1) is 10.9. The number of nitrogens with zero attached hydrogens (tertiary/aromatic N) is 1. The standard InChI is InChI=1S/C12H22N2O/c1-9-6-13-7-10(9)11(15)14-5-4-12(2,3)8-14/h9-10,13H,4-8H2,1-3H3. The second-order valence-corrected chi connectivity index (χ2v) is 5.92. The summed E-state index contributed by atoms with van der Waals surface area (Å²) in [6.45, 7) is 10.4. The van der Waals surface area contributed by atoms with E-state index in [9.17, 15) is 4.79 Å². The largest absolute Gasteiger partial charge is 0.342 e. The van der Waals surface area contributed by atoms with Crippen LogP contribution in [0.5, 0.6) is 0 Å². The Bertz CT molecular complexity index is 262. The number of carbonyl (C=O) groups excluding carboxylic acids is 1. The molecule has 0 bridgehead atoms. The fourth-order valence-corrected chi connectivity index (χ4v) is 2.68. The van der Waals surface area contributed by atoms with Crippen molar-refractivity contribution in [2.45, 2.75) is 27.2 Å². The Balaban J connectivity index is 1.97. The molecule has 2 fully saturated rings.